The van der Waals surface area contributed by atoms with Crippen LogP contribution in [0.5, 0.6) is 0 Å². The van der Waals surface area contributed by atoms with Gasteiger partial charge in [0.1, 0.15) is 12.7 Å². The highest BCUT2D eigenvalue weighted by Crippen LogP contribution is 2.27. The Morgan fingerprint density at radius 3 is 3.15 bits per heavy atom. The van der Waals surface area contributed by atoms with Gasteiger partial charge in [-0.05, 0) is 12.8 Å². The predicted octanol–water partition coefficient (Wildman–Crippen LogP) is 1.07. The van der Waals surface area contributed by atoms with Gasteiger partial charge in [0.2, 0.25) is 11.8 Å². The molecular formula is C8H12N2O3. The molecule has 0 aliphatic carbocycles. The van der Waals surface area contributed by atoms with Crippen molar-refractivity contribution < 1.29 is 13.9 Å². The van der Waals surface area contributed by atoms with Gasteiger partial charge in [0.05, 0.1) is 0 Å². The van der Waals surface area contributed by atoms with Crippen molar-refractivity contribution in [2.75, 3.05) is 13.7 Å². The van der Waals surface area contributed by atoms with Crippen LogP contribution in [-0.2, 0) is 16.1 Å². The molecule has 0 aromatic carbocycles. The van der Waals surface area contributed by atoms with Gasteiger partial charge in [0, 0.05) is 13.7 Å². The van der Waals surface area contributed by atoms with Crippen molar-refractivity contribution in [1.29, 1.82) is 0 Å². The van der Waals surface area contributed by atoms with Crippen LogP contribution in [0.15, 0.2) is 4.42 Å². The monoisotopic (exact) mass is 184 g/mol. The fourth-order valence-electron chi connectivity index (χ4n) is 1.35. The van der Waals surface area contributed by atoms with Gasteiger partial charge >= 0.3 is 0 Å². The lowest BCUT2D eigenvalue weighted by molar-refractivity contribution is 0.0842. The van der Waals surface area contributed by atoms with Crippen molar-refractivity contribution in [2.24, 2.45) is 0 Å². The molecule has 0 radical (unpaired) electrons. The largest absolute Gasteiger partial charge is 0.420 e. The number of hydrogen-bond donors (Lipinski definition) is 0. The first kappa shape index (κ1) is 8.65. The maximum absolute atomic E-state index is 5.39. The summed E-state index contributed by atoms with van der Waals surface area (Å²) in [5, 5.41) is 7.72. The van der Waals surface area contributed by atoms with Gasteiger partial charge in [-0.2, -0.15) is 0 Å². The van der Waals surface area contributed by atoms with Crippen LogP contribution in [0.4, 0.5) is 0 Å². The van der Waals surface area contributed by atoms with Crippen LogP contribution in [0.2, 0.25) is 0 Å². The Morgan fingerprint density at radius 2 is 2.46 bits per heavy atom. The van der Waals surface area contributed by atoms with Crippen LogP contribution >= 0.6 is 0 Å². The second-order valence-corrected chi connectivity index (χ2v) is 2.97. The lowest BCUT2D eigenvalue weighted by Crippen LogP contribution is -1.95. The van der Waals surface area contributed by atoms with Crippen LogP contribution in [0, 0.1) is 0 Å². The van der Waals surface area contributed by atoms with Crippen molar-refractivity contribution >= 4 is 0 Å². The van der Waals surface area contributed by atoms with Crippen LogP contribution < -0.4 is 0 Å². The summed E-state index contributed by atoms with van der Waals surface area (Å²) in [6, 6.07) is 0. The molecule has 0 N–H and O–H groups in total. The fourth-order valence-corrected chi connectivity index (χ4v) is 1.35. The van der Waals surface area contributed by atoms with Gasteiger partial charge < -0.3 is 13.9 Å². The molecule has 1 aromatic heterocycles. The Hall–Kier alpha value is -0.940. The lowest BCUT2D eigenvalue weighted by Gasteiger charge is -2.01. The second kappa shape index (κ2) is 3.85. The van der Waals surface area contributed by atoms with E-state index in [0.717, 1.165) is 19.4 Å². The van der Waals surface area contributed by atoms with Crippen LogP contribution in [0.3, 0.4) is 0 Å². The van der Waals surface area contributed by atoms with Crippen molar-refractivity contribution in [3.63, 3.8) is 0 Å². The molecule has 0 saturated carbocycles. The van der Waals surface area contributed by atoms with Gasteiger partial charge in [-0.1, -0.05) is 0 Å². The van der Waals surface area contributed by atoms with Gasteiger partial charge in [-0.25, -0.2) is 0 Å². The number of nitrogens with zero attached hydrogens (tertiary/aromatic N) is 2. The molecule has 2 rings (SSSR count). The number of hydrogen-bond acceptors (Lipinski definition) is 5. The zero-order valence-electron chi connectivity index (χ0n) is 7.52. The first-order chi connectivity index (χ1) is 6.40. The molecule has 5 nitrogen and oxygen atoms in total. The molecule has 13 heavy (non-hydrogen) atoms. The predicted molar refractivity (Wildman–Crippen MR) is 42.9 cm³/mol. The number of aromatic nitrogens is 2. The standard InChI is InChI=1S/C8H12N2O3/c1-11-5-7-9-10-8(13-7)6-3-2-4-12-6/h6H,2-5H2,1H3/t6-/m0/s1. The molecule has 0 unspecified atom stereocenters. The molecule has 1 saturated heterocycles. The summed E-state index contributed by atoms with van der Waals surface area (Å²) in [7, 11) is 1.59. The minimum Gasteiger partial charge on any atom is -0.420 e. The van der Waals surface area contributed by atoms with Crippen molar-refractivity contribution in [3.05, 3.63) is 11.8 Å². The van der Waals surface area contributed by atoms with E-state index in [0.29, 0.717) is 18.4 Å². The van der Waals surface area contributed by atoms with Gasteiger partial charge in [-0.15, -0.1) is 10.2 Å². The number of ether oxygens (including phenoxy) is 2. The van der Waals surface area contributed by atoms with Crippen molar-refractivity contribution in [3.8, 4) is 0 Å². The minimum atomic E-state index is -0.00175. The molecule has 0 bridgehead atoms. The normalized spacial score (nSPS) is 22.4. The summed E-state index contributed by atoms with van der Waals surface area (Å²) < 4.78 is 15.6. The number of methoxy groups -OCH3 is 1. The van der Waals surface area contributed by atoms with Crippen LogP contribution in [-0.4, -0.2) is 23.9 Å². The average molecular weight is 184 g/mol. The zero-order valence-corrected chi connectivity index (χ0v) is 7.52. The summed E-state index contributed by atoms with van der Waals surface area (Å²) in [6.07, 6.45) is 2.03. The Balaban J connectivity index is 2.03. The molecule has 5 heteroatoms. The fraction of sp³-hybridized carbons (Fsp3) is 0.750. The van der Waals surface area contributed by atoms with E-state index in [2.05, 4.69) is 10.2 Å². The quantitative estimate of drug-likeness (QED) is 0.703. The average Bonchev–Trinajstić information content (AvgIpc) is 2.70. The zero-order chi connectivity index (χ0) is 9.10. The molecule has 72 valence electrons. The maximum Gasteiger partial charge on any atom is 0.245 e. The van der Waals surface area contributed by atoms with Gasteiger partial charge in [0.15, 0.2) is 0 Å². The van der Waals surface area contributed by atoms with E-state index >= 15 is 0 Å². The maximum atomic E-state index is 5.39. The smallest absolute Gasteiger partial charge is 0.245 e. The van der Waals surface area contributed by atoms with E-state index in [1.807, 2.05) is 0 Å². The Bertz CT molecular complexity index is 268. The summed E-state index contributed by atoms with van der Waals surface area (Å²) in [6.45, 7) is 1.15. The van der Waals surface area contributed by atoms with E-state index < -0.39 is 0 Å². The highest BCUT2D eigenvalue weighted by atomic mass is 16.5. The van der Waals surface area contributed by atoms with E-state index in [1.54, 1.807) is 7.11 Å². The molecule has 1 atom stereocenters. The Morgan fingerprint density at radius 1 is 1.54 bits per heavy atom. The Labute approximate surface area is 76.0 Å². The van der Waals surface area contributed by atoms with E-state index in [4.69, 9.17) is 13.9 Å². The molecule has 1 aliphatic rings. The highest BCUT2D eigenvalue weighted by Gasteiger charge is 2.23. The highest BCUT2D eigenvalue weighted by molar-refractivity contribution is 4.88. The Kier molecular flexibility index (Phi) is 2.56. The molecule has 1 aliphatic heterocycles. The van der Waals surface area contributed by atoms with Crippen LogP contribution in [0.1, 0.15) is 30.7 Å². The molecule has 0 amide bonds. The van der Waals surface area contributed by atoms with E-state index in [-0.39, 0.29) is 6.10 Å². The lowest BCUT2D eigenvalue weighted by atomic mass is 10.2. The SMILES string of the molecule is COCc1nnc([C@@H]2CCCO2)o1. The summed E-state index contributed by atoms with van der Waals surface area (Å²) in [4.78, 5) is 0. The third-order valence-electron chi connectivity index (χ3n) is 1.96. The summed E-state index contributed by atoms with van der Waals surface area (Å²) in [5.41, 5.74) is 0. The molecular weight excluding hydrogens is 172 g/mol. The van der Waals surface area contributed by atoms with E-state index in [9.17, 15) is 0 Å². The molecule has 2 heterocycles. The van der Waals surface area contributed by atoms with Crippen molar-refractivity contribution in [1.82, 2.24) is 10.2 Å². The first-order valence-electron chi connectivity index (χ1n) is 4.33. The minimum absolute atomic E-state index is 0.00175. The van der Waals surface area contributed by atoms with Gasteiger partial charge in [-0.3, -0.25) is 0 Å². The molecule has 1 aromatic rings. The molecule has 1 fully saturated rings. The second-order valence-electron chi connectivity index (χ2n) is 2.97. The summed E-state index contributed by atoms with van der Waals surface area (Å²) in [5.74, 6) is 1.08. The third-order valence-corrected chi connectivity index (χ3v) is 1.96. The van der Waals surface area contributed by atoms with Gasteiger partial charge in [0.25, 0.3) is 0 Å². The van der Waals surface area contributed by atoms with E-state index in [1.165, 1.54) is 0 Å². The summed E-state index contributed by atoms with van der Waals surface area (Å²) >= 11 is 0. The topological polar surface area (TPSA) is 57.4 Å². The number of rotatable bonds is 3. The van der Waals surface area contributed by atoms with Crippen molar-refractivity contribution in [2.45, 2.75) is 25.6 Å². The first-order valence-corrected chi connectivity index (χ1v) is 4.33. The molecule has 0 spiro atoms. The third kappa shape index (κ3) is 1.87. The van der Waals surface area contributed by atoms with Crippen LogP contribution in [0.25, 0.3) is 0 Å².